The maximum Gasteiger partial charge on any atom is 0.127 e. The van der Waals surface area contributed by atoms with Gasteiger partial charge in [0.2, 0.25) is 0 Å². The number of nitrogens with zero attached hydrogens (tertiary/aromatic N) is 2. The van der Waals surface area contributed by atoms with Gasteiger partial charge in [-0.25, -0.2) is 0 Å². The Morgan fingerprint density at radius 3 is 2.86 bits per heavy atom. The first-order valence-corrected chi connectivity index (χ1v) is 5.54. The molecule has 0 amide bonds. The van der Waals surface area contributed by atoms with Gasteiger partial charge >= 0.3 is 0 Å². The predicted octanol–water partition coefficient (Wildman–Crippen LogP) is 1.87. The van der Waals surface area contributed by atoms with Gasteiger partial charge in [0, 0.05) is 18.7 Å². The zero-order chi connectivity index (χ0) is 9.71. The van der Waals surface area contributed by atoms with Crippen molar-refractivity contribution in [3.63, 3.8) is 0 Å². The summed E-state index contributed by atoms with van der Waals surface area (Å²) in [6.07, 6.45) is 5.35. The van der Waals surface area contributed by atoms with Crippen molar-refractivity contribution < 1.29 is 0 Å². The molecule has 0 unspecified atom stereocenters. The van der Waals surface area contributed by atoms with Gasteiger partial charge in [0.15, 0.2) is 0 Å². The van der Waals surface area contributed by atoms with Crippen molar-refractivity contribution in [3.8, 4) is 0 Å². The molecule has 2 heterocycles. The maximum absolute atomic E-state index is 4.46. The molecule has 0 saturated heterocycles. The SMILES string of the molecule is Cc1nn(C)c2c1CC[C@H](C1CC1)N2. The quantitative estimate of drug-likeness (QED) is 0.734. The Hall–Kier alpha value is -0.990. The molecule has 1 aliphatic heterocycles. The van der Waals surface area contributed by atoms with Crippen LogP contribution in [0.5, 0.6) is 0 Å². The molecule has 1 saturated carbocycles. The summed E-state index contributed by atoms with van der Waals surface area (Å²) in [5.41, 5.74) is 2.63. The van der Waals surface area contributed by atoms with E-state index in [4.69, 9.17) is 0 Å². The molecule has 0 spiro atoms. The summed E-state index contributed by atoms with van der Waals surface area (Å²) in [7, 11) is 2.04. The fraction of sp³-hybridized carbons (Fsp3) is 0.727. The van der Waals surface area contributed by atoms with Crippen LogP contribution in [0, 0.1) is 12.8 Å². The van der Waals surface area contributed by atoms with E-state index in [1.165, 1.54) is 42.8 Å². The van der Waals surface area contributed by atoms with E-state index in [-0.39, 0.29) is 0 Å². The van der Waals surface area contributed by atoms with Crippen molar-refractivity contribution in [2.45, 2.75) is 38.6 Å². The second-order valence-corrected chi connectivity index (χ2v) is 4.66. The van der Waals surface area contributed by atoms with Crippen molar-refractivity contribution in [3.05, 3.63) is 11.3 Å². The highest BCUT2D eigenvalue weighted by Gasteiger charge is 2.34. The lowest BCUT2D eigenvalue weighted by Crippen LogP contribution is -2.28. The summed E-state index contributed by atoms with van der Waals surface area (Å²) in [5.74, 6) is 2.21. The van der Waals surface area contributed by atoms with E-state index >= 15 is 0 Å². The van der Waals surface area contributed by atoms with E-state index < -0.39 is 0 Å². The van der Waals surface area contributed by atoms with Crippen LogP contribution in [0.4, 0.5) is 5.82 Å². The minimum atomic E-state index is 0.720. The average Bonchev–Trinajstić information content (AvgIpc) is 2.96. The molecule has 0 radical (unpaired) electrons. The van der Waals surface area contributed by atoms with E-state index in [1.54, 1.807) is 0 Å². The third-order valence-electron chi connectivity index (χ3n) is 3.56. The molecule has 3 rings (SSSR count). The minimum Gasteiger partial charge on any atom is -0.367 e. The number of fused-ring (bicyclic) bond motifs is 1. The van der Waals surface area contributed by atoms with E-state index in [1.807, 2.05) is 11.7 Å². The van der Waals surface area contributed by atoms with Crippen LogP contribution in [-0.2, 0) is 13.5 Å². The Labute approximate surface area is 84.5 Å². The highest BCUT2D eigenvalue weighted by Crippen LogP contribution is 2.39. The van der Waals surface area contributed by atoms with Gasteiger partial charge < -0.3 is 5.32 Å². The zero-order valence-electron chi connectivity index (χ0n) is 8.88. The van der Waals surface area contributed by atoms with Crippen LogP contribution in [0.2, 0.25) is 0 Å². The third kappa shape index (κ3) is 1.15. The van der Waals surface area contributed by atoms with Crippen molar-refractivity contribution in [1.82, 2.24) is 9.78 Å². The number of anilines is 1. The molecule has 1 fully saturated rings. The predicted molar refractivity (Wildman–Crippen MR) is 56.4 cm³/mol. The molecule has 3 heteroatoms. The Morgan fingerprint density at radius 2 is 2.14 bits per heavy atom. The van der Waals surface area contributed by atoms with Gasteiger partial charge in [-0.15, -0.1) is 0 Å². The molecule has 0 bridgehead atoms. The molecule has 1 aliphatic carbocycles. The topological polar surface area (TPSA) is 29.9 Å². The molecule has 3 nitrogen and oxygen atoms in total. The normalized spacial score (nSPS) is 25.7. The molecule has 1 N–H and O–H groups in total. The summed E-state index contributed by atoms with van der Waals surface area (Å²) in [4.78, 5) is 0. The average molecular weight is 191 g/mol. The number of aromatic nitrogens is 2. The number of nitrogens with one attached hydrogen (secondary N) is 1. The third-order valence-corrected chi connectivity index (χ3v) is 3.56. The minimum absolute atomic E-state index is 0.720. The van der Waals surface area contributed by atoms with Gasteiger partial charge in [-0.2, -0.15) is 5.10 Å². The molecular formula is C11H17N3. The smallest absolute Gasteiger partial charge is 0.127 e. The summed E-state index contributed by atoms with van der Waals surface area (Å²) >= 11 is 0. The zero-order valence-corrected chi connectivity index (χ0v) is 8.88. The van der Waals surface area contributed by atoms with Crippen molar-refractivity contribution >= 4 is 5.82 Å². The van der Waals surface area contributed by atoms with Crippen molar-refractivity contribution in [2.24, 2.45) is 13.0 Å². The van der Waals surface area contributed by atoms with Crippen LogP contribution in [0.1, 0.15) is 30.5 Å². The summed E-state index contributed by atoms with van der Waals surface area (Å²) < 4.78 is 2.00. The highest BCUT2D eigenvalue weighted by atomic mass is 15.3. The first-order chi connectivity index (χ1) is 6.75. The van der Waals surface area contributed by atoms with Gasteiger partial charge in [-0.3, -0.25) is 4.68 Å². The highest BCUT2D eigenvalue weighted by molar-refractivity contribution is 5.50. The molecule has 1 aromatic heterocycles. The first-order valence-electron chi connectivity index (χ1n) is 5.54. The molecule has 14 heavy (non-hydrogen) atoms. The lowest BCUT2D eigenvalue weighted by atomic mass is 9.97. The van der Waals surface area contributed by atoms with Crippen molar-refractivity contribution in [2.75, 3.05) is 5.32 Å². The number of rotatable bonds is 1. The van der Waals surface area contributed by atoms with Crippen LogP contribution in [0.15, 0.2) is 0 Å². The van der Waals surface area contributed by atoms with Crippen LogP contribution < -0.4 is 5.32 Å². The van der Waals surface area contributed by atoms with Gasteiger partial charge in [0.1, 0.15) is 5.82 Å². The van der Waals surface area contributed by atoms with Crippen LogP contribution in [0.3, 0.4) is 0 Å². The summed E-state index contributed by atoms with van der Waals surface area (Å²) in [5, 5.41) is 8.11. The Morgan fingerprint density at radius 1 is 1.36 bits per heavy atom. The first kappa shape index (κ1) is 8.33. The molecule has 76 valence electrons. The monoisotopic (exact) mass is 191 g/mol. The Balaban J connectivity index is 1.92. The van der Waals surface area contributed by atoms with Gasteiger partial charge in [0.05, 0.1) is 5.69 Å². The lowest BCUT2D eigenvalue weighted by Gasteiger charge is -2.25. The van der Waals surface area contributed by atoms with Gasteiger partial charge in [-0.1, -0.05) is 0 Å². The molecular weight excluding hydrogens is 174 g/mol. The molecule has 1 atom stereocenters. The second kappa shape index (κ2) is 2.75. The summed E-state index contributed by atoms with van der Waals surface area (Å²) in [6, 6.07) is 0.720. The van der Waals surface area contributed by atoms with E-state index in [0.717, 1.165) is 12.0 Å². The number of hydrogen-bond acceptors (Lipinski definition) is 2. The molecule has 1 aromatic rings. The molecule has 0 aromatic carbocycles. The van der Waals surface area contributed by atoms with Gasteiger partial charge in [-0.05, 0) is 38.5 Å². The Bertz CT molecular complexity index is 363. The van der Waals surface area contributed by atoms with Crippen LogP contribution >= 0.6 is 0 Å². The van der Waals surface area contributed by atoms with Gasteiger partial charge in [0.25, 0.3) is 0 Å². The number of aryl methyl sites for hydroxylation is 2. The van der Waals surface area contributed by atoms with E-state index in [2.05, 4.69) is 17.3 Å². The lowest BCUT2D eigenvalue weighted by molar-refractivity contribution is 0.560. The maximum atomic E-state index is 4.46. The standard InChI is InChI=1S/C11H17N3/c1-7-9-5-6-10(8-3-4-8)12-11(9)14(2)13-7/h8,10,12H,3-6H2,1-2H3/t10-/m1/s1. The molecule has 2 aliphatic rings. The Kier molecular flexibility index (Phi) is 1.64. The second-order valence-electron chi connectivity index (χ2n) is 4.66. The van der Waals surface area contributed by atoms with E-state index in [9.17, 15) is 0 Å². The van der Waals surface area contributed by atoms with Crippen LogP contribution in [0.25, 0.3) is 0 Å². The van der Waals surface area contributed by atoms with E-state index in [0.29, 0.717) is 0 Å². The fourth-order valence-corrected chi connectivity index (χ4v) is 2.58. The largest absolute Gasteiger partial charge is 0.367 e. The van der Waals surface area contributed by atoms with Crippen molar-refractivity contribution in [1.29, 1.82) is 0 Å². The summed E-state index contributed by atoms with van der Waals surface area (Å²) in [6.45, 7) is 2.11. The fourth-order valence-electron chi connectivity index (χ4n) is 2.58. The van der Waals surface area contributed by atoms with Crippen LogP contribution in [-0.4, -0.2) is 15.8 Å². The number of hydrogen-bond donors (Lipinski definition) is 1.